The number of carbonyl (C=O) groups is 1. The van der Waals surface area contributed by atoms with Crippen LogP contribution < -0.4 is 10.6 Å². The number of anilines is 2. The number of carboxylic acid groups (broad SMARTS) is 1. The Morgan fingerprint density at radius 2 is 2.11 bits per heavy atom. The molecule has 1 rings (SSSR count). The van der Waals surface area contributed by atoms with Crippen LogP contribution in [0.2, 0.25) is 0 Å². The highest BCUT2D eigenvalue weighted by Crippen LogP contribution is 2.28. The molecule has 0 fully saturated rings. The lowest BCUT2D eigenvalue weighted by Crippen LogP contribution is -2.26. The normalized spacial score (nSPS) is 10.4. The van der Waals surface area contributed by atoms with Crippen molar-refractivity contribution in [2.45, 2.75) is 26.7 Å². The zero-order chi connectivity index (χ0) is 13.7. The molecule has 18 heavy (non-hydrogen) atoms. The summed E-state index contributed by atoms with van der Waals surface area (Å²) >= 11 is 0. The number of rotatable bonds is 6. The van der Waals surface area contributed by atoms with Crippen LogP contribution in [-0.2, 0) is 0 Å². The van der Waals surface area contributed by atoms with Crippen molar-refractivity contribution in [2.24, 2.45) is 0 Å². The van der Waals surface area contributed by atoms with E-state index in [1.165, 1.54) is 12.1 Å². The summed E-state index contributed by atoms with van der Waals surface area (Å²) < 4.78 is 13.3. The molecule has 4 nitrogen and oxygen atoms in total. The lowest BCUT2D eigenvalue weighted by Gasteiger charge is -2.25. The van der Waals surface area contributed by atoms with Gasteiger partial charge >= 0.3 is 5.97 Å². The number of unbranched alkanes of at least 4 members (excludes halogenated alkanes) is 1. The van der Waals surface area contributed by atoms with E-state index in [1.54, 1.807) is 0 Å². The van der Waals surface area contributed by atoms with Crippen LogP contribution in [0.4, 0.5) is 15.8 Å². The number of hydrogen-bond donors (Lipinski definition) is 2. The predicted octanol–water partition coefficient (Wildman–Crippen LogP) is 2.73. The van der Waals surface area contributed by atoms with Crippen LogP contribution in [0.5, 0.6) is 0 Å². The molecule has 0 atom stereocenters. The third-order valence-electron chi connectivity index (χ3n) is 2.89. The summed E-state index contributed by atoms with van der Waals surface area (Å²) in [5, 5.41) is 9.17. The van der Waals surface area contributed by atoms with E-state index < -0.39 is 11.8 Å². The second kappa shape index (κ2) is 6.23. The first-order valence-corrected chi connectivity index (χ1v) is 6.09. The fraction of sp³-hybridized carbons (Fsp3) is 0.462. The Kier molecular flexibility index (Phi) is 4.95. The van der Waals surface area contributed by atoms with E-state index in [0.717, 1.165) is 19.4 Å². The summed E-state index contributed by atoms with van der Waals surface area (Å²) in [5.41, 5.74) is 5.56. The Morgan fingerprint density at radius 3 is 2.61 bits per heavy atom. The lowest BCUT2D eigenvalue weighted by molar-refractivity contribution is 0.0698. The molecule has 5 heteroatoms. The number of halogens is 1. The van der Waals surface area contributed by atoms with Crippen molar-refractivity contribution in [3.63, 3.8) is 0 Å². The molecule has 0 aliphatic rings. The van der Waals surface area contributed by atoms with Gasteiger partial charge in [0, 0.05) is 13.1 Å². The van der Waals surface area contributed by atoms with Crippen LogP contribution >= 0.6 is 0 Å². The van der Waals surface area contributed by atoms with Crippen LogP contribution in [0.25, 0.3) is 0 Å². The second-order valence-electron chi connectivity index (χ2n) is 4.09. The fourth-order valence-corrected chi connectivity index (χ4v) is 1.87. The number of carboxylic acids is 1. The molecule has 0 aliphatic carbocycles. The summed E-state index contributed by atoms with van der Waals surface area (Å²) in [7, 11) is 0. The minimum absolute atomic E-state index is 0.145. The first-order valence-electron chi connectivity index (χ1n) is 6.09. The number of benzene rings is 1. The fourth-order valence-electron chi connectivity index (χ4n) is 1.87. The second-order valence-corrected chi connectivity index (χ2v) is 4.09. The third kappa shape index (κ3) is 2.91. The van der Waals surface area contributed by atoms with E-state index in [1.807, 2.05) is 11.8 Å². The molecule has 0 heterocycles. The molecule has 0 saturated carbocycles. The van der Waals surface area contributed by atoms with Gasteiger partial charge < -0.3 is 15.7 Å². The van der Waals surface area contributed by atoms with Gasteiger partial charge in [-0.1, -0.05) is 13.3 Å². The largest absolute Gasteiger partial charge is 0.478 e. The van der Waals surface area contributed by atoms with Crippen molar-refractivity contribution in [1.82, 2.24) is 0 Å². The molecule has 3 N–H and O–H groups in total. The summed E-state index contributed by atoms with van der Waals surface area (Å²) in [6.45, 7) is 5.38. The van der Waals surface area contributed by atoms with Gasteiger partial charge in [-0.15, -0.1) is 0 Å². The summed E-state index contributed by atoms with van der Waals surface area (Å²) in [6.07, 6.45) is 1.96. The first-order chi connectivity index (χ1) is 8.52. The average Bonchev–Trinajstić information content (AvgIpc) is 2.34. The van der Waals surface area contributed by atoms with Crippen LogP contribution in [0, 0.1) is 5.82 Å². The highest BCUT2D eigenvalue weighted by Gasteiger charge is 2.20. The molecule has 0 saturated heterocycles. The molecule has 0 bridgehead atoms. The van der Waals surface area contributed by atoms with Crippen LogP contribution in [0.3, 0.4) is 0 Å². The van der Waals surface area contributed by atoms with Crippen molar-refractivity contribution < 1.29 is 14.3 Å². The van der Waals surface area contributed by atoms with Crippen LogP contribution in [0.1, 0.15) is 37.0 Å². The zero-order valence-corrected chi connectivity index (χ0v) is 10.7. The van der Waals surface area contributed by atoms with Gasteiger partial charge in [-0.25, -0.2) is 9.18 Å². The van der Waals surface area contributed by atoms with Gasteiger partial charge in [-0.05, 0) is 25.5 Å². The zero-order valence-electron chi connectivity index (χ0n) is 10.7. The topological polar surface area (TPSA) is 66.6 Å². The van der Waals surface area contributed by atoms with E-state index in [0.29, 0.717) is 12.2 Å². The maximum absolute atomic E-state index is 13.3. The van der Waals surface area contributed by atoms with Gasteiger partial charge in [0.05, 0.1) is 11.4 Å². The summed E-state index contributed by atoms with van der Waals surface area (Å²) in [6, 6.07) is 2.69. The molecule has 100 valence electrons. The average molecular weight is 254 g/mol. The maximum Gasteiger partial charge on any atom is 0.340 e. The SMILES string of the molecule is CCCCN(CC)c1ccc(F)c(N)c1C(=O)O. The first kappa shape index (κ1) is 14.3. The van der Waals surface area contributed by atoms with E-state index in [9.17, 15) is 9.18 Å². The summed E-state index contributed by atoms with van der Waals surface area (Å²) in [5.74, 6) is -1.89. The van der Waals surface area contributed by atoms with Gasteiger partial charge in [-0.3, -0.25) is 0 Å². The monoisotopic (exact) mass is 254 g/mol. The highest BCUT2D eigenvalue weighted by molar-refractivity contribution is 6.00. The Labute approximate surface area is 106 Å². The molecule has 0 aliphatic heterocycles. The maximum atomic E-state index is 13.3. The van der Waals surface area contributed by atoms with Crippen molar-refractivity contribution in [1.29, 1.82) is 0 Å². The third-order valence-corrected chi connectivity index (χ3v) is 2.89. The lowest BCUT2D eigenvalue weighted by atomic mass is 10.1. The Hall–Kier alpha value is -1.78. The van der Waals surface area contributed by atoms with Crippen molar-refractivity contribution in [3.05, 3.63) is 23.5 Å². The molecule has 0 spiro atoms. The van der Waals surface area contributed by atoms with E-state index >= 15 is 0 Å². The predicted molar refractivity (Wildman–Crippen MR) is 70.6 cm³/mol. The number of hydrogen-bond acceptors (Lipinski definition) is 3. The van der Waals surface area contributed by atoms with Crippen molar-refractivity contribution in [3.8, 4) is 0 Å². The number of nitrogen functional groups attached to an aromatic ring is 1. The van der Waals surface area contributed by atoms with Gasteiger partial charge in [-0.2, -0.15) is 0 Å². The van der Waals surface area contributed by atoms with E-state index in [4.69, 9.17) is 10.8 Å². The standard InChI is InChI=1S/C13H19FN2O2/c1-3-5-8-16(4-2)10-7-6-9(14)12(15)11(10)13(17)18/h6-7H,3-5,8,15H2,1-2H3,(H,17,18). The molecule has 1 aromatic rings. The van der Waals surface area contributed by atoms with E-state index in [2.05, 4.69) is 6.92 Å². The van der Waals surface area contributed by atoms with Gasteiger partial charge in [0.15, 0.2) is 0 Å². The Morgan fingerprint density at radius 1 is 1.44 bits per heavy atom. The van der Waals surface area contributed by atoms with Crippen LogP contribution in [0.15, 0.2) is 12.1 Å². The molecular formula is C13H19FN2O2. The van der Waals surface area contributed by atoms with Crippen LogP contribution in [-0.4, -0.2) is 24.2 Å². The van der Waals surface area contributed by atoms with Gasteiger partial charge in [0.1, 0.15) is 11.4 Å². The molecular weight excluding hydrogens is 235 g/mol. The highest BCUT2D eigenvalue weighted by atomic mass is 19.1. The molecule has 0 unspecified atom stereocenters. The minimum atomic E-state index is -1.20. The van der Waals surface area contributed by atoms with Crippen molar-refractivity contribution in [2.75, 3.05) is 23.7 Å². The number of nitrogens with two attached hydrogens (primary N) is 1. The minimum Gasteiger partial charge on any atom is -0.478 e. The Bertz CT molecular complexity index is 435. The summed E-state index contributed by atoms with van der Waals surface area (Å²) in [4.78, 5) is 13.1. The molecule has 0 aromatic heterocycles. The Balaban J connectivity index is 3.21. The van der Waals surface area contributed by atoms with Crippen molar-refractivity contribution >= 4 is 17.3 Å². The molecule has 0 radical (unpaired) electrons. The number of aromatic carboxylic acids is 1. The molecule has 1 aromatic carbocycles. The van der Waals surface area contributed by atoms with E-state index in [-0.39, 0.29) is 11.3 Å². The number of nitrogens with zero attached hydrogens (tertiary/aromatic N) is 1. The van der Waals surface area contributed by atoms with Gasteiger partial charge in [0.25, 0.3) is 0 Å². The quantitative estimate of drug-likeness (QED) is 0.766. The smallest absolute Gasteiger partial charge is 0.340 e. The van der Waals surface area contributed by atoms with Gasteiger partial charge in [0.2, 0.25) is 0 Å². The molecule has 0 amide bonds.